The smallest absolute Gasteiger partial charge is 0.312 e. The van der Waals surface area contributed by atoms with Crippen molar-refractivity contribution in [2.75, 3.05) is 30.8 Å². The van der Waals surface area contributed by atoms with Gasteiger partial charge in [0.15, 0.2) is 0 Å². The Balaban J connectivity index is 2.18. The van der Waals surface area contributed by atoms with Crippen LogP contribution in [0.15, 0.2) is 24.3 Å². The Morgan fingerprint density at radius 2 is 2.05 bits per heavy atom. The third-order valence-corrected chi connectivity index (χ3v) is 2.54. The quantitative estimate of drug-likeness (QED) is 0.594. The molecule has 100 valence electrons. The first-order chi connectivity index (χ1) is 9.20. The molecule has 2 rings (SSSR count). The summed E-state index contributed by atoms with van der Waals surface area (Å²) in [4.78, 5) is 19.3. The van der Waals surface area contributed by atoms with Crippen LogP contribution >= 0.6 is 0 Å². The van der Waals surface area contributed by atoms with Gasteiger partial charge in [0.25, 0.3) is 0 Å². The van der Waals surface area contributed by atoms with Crippen LogP contribution in [0.3, 0.4) is 0 Å². The maximum Gasteiger partial charge on any atom is 0.312 e. The van der Waals surface area contributed by atoms with Crippen LogP contribution in [0.25, 0.3) is 10.9 Å². The van der Waals surface area contributed by atoms with Gasteiger partial charge in [0.05, 0.1) is 5.52 Å². The lowest BCUT2D eigenvalue weighted by Crippen LogP contribution is -2.33. The van der Waals surface area contributed by atoms with Crippen LogP contribution in [-0.4, -0.2) is 36.1 Å². The van der Waals surface area contributed by atoms with Gasteiger partial charge in [-0.2, -0.15) is 4.98 Å². The molecule has 1 heterocycles. The average Bonchev–Trinajstić information content (AvgIpc) is 2.42. The molecule has 7 nitrogen and oxygen atoms in total. The SMILES string of the molecule is CNc1nc(NCCNC(N)=O)c2ccccc2n1. The highest BCUT2D eigenvalue weighted by atomic mass is 16.2. The first-order valence-corrected chi connectivity index (χ1v) is 5.92. The van der Waals surface area contributed by atoms with Crippen molar-refractivity contribution in [1.29, 1.82) is 0 Å². The van der Waals surface area contributed by atoms with E-state index in [0.717, 1.165) is 16.7 Å². The molecular weight excluding hydrogens is 244 g/mol. The fourth-order valence-corrected chi connectivity index (χ4v) is 1.69. The van der Waals surface area contributed by atoms with Crippen molar-refractivity contribution in [2.24, 2.45) is 5.73 Å². The molecule has 0 aliphatic heterocycles. The van der Waals surface area contributed by atoms with E-state index in [2.05, 4.69) is 25.9 Å². The number of nitrogens with two attached hydrogens (primary N) is 1. The Hall–Kier alpha value is -2.57. The summed E-state index contributed by atoms with van der Waals surface area (Å²) in [6.45, 7) is 0.968. The summed E-state index contributed by atoms with van der Waals surface area (Å²) in [5.41, 5.74) is 5.85. The maximum atomic E-state index is 10.6. The maximum absolute atomic E-state index is 10.6. The molecule has 2 aromatic rings. The molecule has 0 unspecified atom stereocenters. The number of urea groups is 1. The monoisotopic (exact) mass is 260 g/mol. The van der Waals surface area contributed by atoms with Gasteiger partial charge in [-0.15, -0.1) is 0 Å². The second-order valence-corrected chi connectivity index (χ2v) is 3.88. The molecule has 0 saturated heterocycles. The molecule has 0 saturated carbocycles. The van der Waals surface area contributed by atoms with Crippen molar-refractivity contribution in [1.82, 2.24) is 15.3 Å². The molecule has 0 aliphatic carbocycles. The van der Waals surface area contributed by atoms with Gasteiger partial charge in [0.2, 0.25) is 5.95 Å². The Kier molecular flexibility index (Phi) is 3.97. The van der Waals surface area contributed by atoms with E-state index in [0.29, 0.717) is 19.0 Å². The number of nitrogens with zero attached hydrogens (tertiary/aromatic N) is 2. The molecule has 0 spiro atoms. The van der Waals surface area contributed by atoms with Crippen LogP contribution in [0, 0.1) is 0 Å². The van der Waals surface area contributed by atoms with E-state index < -0.39 is 6.03 Å². The van der Waals surface area contributed by atoms with Crippen LogP contribution in [0.4, 0.5) is 16.6 Å². The topological polar surface area (TPSA) is 105 Å². The van der Waals surface area contributed by atoms with Crippen LogP contribution in [0.1, 0.15) is 0 Å². The van der Waals surface area contributed by atoms with E-state index >= 15 is 0 Å². The number of carbonyl (C=O) groups is 1. The lowest BCUT2D eigenvalue weighted by molar-refractivity contribution is 0.249. The molecule has 0 fully saturated rings. The summed E-state index contributed by atoms with van der Waals surface area (Å²) in [7, 11) is 1.77. The third kappa shape index (κ3) is 3.21. The van der Waals surface area contributed by atoms with Gasteiger partial charge in [-0.1, -0.05) is 12.1 Å². The number of primary amides is 1. The van der Waals surface area contributed by atoms with Gasteiger partial charge in [-0.25, -0.2) is 9.78 Å². The second kappa shape index (κ2) is 5.85. The normalized spacial score (nSPS) is 10.2. The summed E-state index contributed by atoms with van der Waals surface area (Å²) in [6.07, 6.45) is 0. The number of aromatic nitrogens is 2. The second-order valence-electron chi connectivity index (χ2n) is 3.88. The van der Waals surface area contributed by atoms with Gasteiger partial charge in [0, 0.05) is 25.5 Å². The predicted molar refractivity (Wildman–Crippen MR) is 75.2 cm³/mol. The molecule has 19 heavy (non-hydrogen) atoms. The molecule has 7 heteroatoms. The lowest BCUT2D eigenvalue weighted by atomic mass is 10.2. The van der Waals surface area contributed by atoms with E-state index in [1.165, 1.54) is 0 Å². The van der Waals surface area contributed by atoms with E-state index in [4.69, 9.17) is 5.73 Å². The molecule has 0 radical (unpaired) electrons. The van der Waals surface area contributed by atoms with Crippen LogP contribution in [-0.2, 0) is 0 Å². The minimum atomic E-state index is -0.537. The van der Waals surface area contributed by atoms with E-state index in [9.17, 15) is 4.79 Å². The third-order valence-electron chi connectivity index (χ3n) is 2.54. The minimum absolute atomic E-state index is 0.433. The van der Waals surface area contributed by atoms with Crippen molar-refractivity contribution in [3.05, 3.63) is 24.3 Å². The zero-order chi connectivity index (χ0) is 13.7. The summed E-state index contributed by atoms with van der Waals surface area (Å²) in [5.74, 6) is 1.27. The molecule has 0 atom stereocenters. The fraction of sp³-hybridized carbons (Fsp3) is 0.250. The summed E-state index contributed by atoms with van der Waals surface area (Å²) >= 11 is 0. The van der Waals surface area contributed by atoms with Crippen molar-refractivity contribution in [3.63, 3.8) is 0 Å². The van der Waals surface area contributed by atoms with Crippen LogP contribution in [0.5, 0.6) is 0 Å². The lowest BCUT2D eigenvalue weighted by Gasteiger charge is -2.10. The van der Waals surface area contributed by atoms with Gasteiger partial charge in [-0.05, 0) is 12.1 Å². The van der Waals surface area contributed by atoms with Gasteiger partial charge < -0.3 is 21.7 Å². The number of rotatable bonds is 5. The van der Waals surface area contributed by atoms with E-state index in [-0.39, 0.29) is 0 Å². The Morgan fingerprint density at radius 3 is 2.79 bits per heavy atom. The number of para-hydroxylation sites is 1. The van der Waals surface area contributed by atoms with E-state index in [1.807, 2.05) is 24.3 Å². The number of anilines is 2. The number of nitrogens with one attached hydrogen (secondary N) is 3. The largest absolute Gasteiger partial charge is 0.368 e. The number of hydrogen-bond donors (Lipinski definition) is 4. The zero-order valence-electron chi connectivity index (χ0n) is 10.6. The Bertz CT molecular complexity index is 585. The van der Waals surface area contributed by atoms with Gasteiger partial charge >= 0.3 is 6.03 Å². The van der Waals surface area contributed by atoms with Gasteiger partial charge in [0.1, 0.15) is 5.82 Å². The Labute approximate surface area is 110 Å². The van der Waals surface area contributed by atoms with Crippen molar-refractivity contribution in [3.8, 4) is 0 Å². The number of carbonyl (C=O) groups excluding carboxylic acids is 1. The zero-order valence-corrected chi connectivity index (χ0v) is 10.6. The van der Waals surface area contributed by atoms with Crippen LogP contribution in [0.2, 0.25) is 0 Å². The minimum Gasteiger partial charge on any atom is -0.368 e. The molecule has 1 aromatic heterocycles. The first kappa shape index (κ1) is 12.9. The number of fused-ring (bicyclic) bond motifs is 1. The summed E-state index contributed by atoms with van der Waals surface area (Å²) in [5, 5.41) is 9.51. The van der Waals surface area contributed by atoms with E-state index in [1.54, 1.807) is 7.05 Å². The highest BCUT2D eigenvalue weighted by Crippen LogP contribution is 2.21. The van der Waals surface area contributed by atoms with Crippen LogP contribution < -0.4 is 21.7 Å². The molecule has 2 amide bonds. The summed E-state index contributed by atoms with van der Waals surface area (Å²) in [6, 6.07) is 7.18. The molecule has 0 bridgehead atoms. The predicted octanol–water partition coefficient (Wildman–Crippen LogP) is 0.752. The van der Waals surface area contributed by atoms with Gasteiger partial charge in [-0.3, -0.25) is 0 Å². The molecule has 1 aromatic carbocycles. The standard InChI is InChI=1S/C12H16N6O/c1-14-12-17-9-5-3-2-4-8(9)10(18-12)15-6-7-16-11(13)19/h2-5H,6-7H2,1H3,(H3,13,16,19)(H2,14,15,17,18). The highest BCUT2D eigenvalue weighted by Gasteiger charge is 2.05. The number of amides is 2. The first-order valence-electron chi connectivity index (χ1n) is 5.92. The van der Waals surface area contributed by atoms with Crippen molar-refractivity contribution in [2.45, 2.75) is 0 Å². The highest BCUT2D eigenvalue weighted by molar-refractivity contribution is 5.90. The number of hydrogen-bond acceptors (Lipinski definition) is 5. The fourth-order valence-electron chi connectivity index (χ4n) is 1.69. The molecular formula is C12H16N6O. The number of benzene rings is 1. The molecule has 5 N–H and O–H groups in total. The van der Waals surface area contributed by atoms with Crippen molar-refractivity contribution < 1.29 is 4.79 Å². The van der Waals surface area contributed by atoms with Crippen molar-refractivity contribution >= 4 is 28.7 Å². The average molecular weight is 260 g/mol. The molecule has 0 aliphatic rings. The summed E-state index contributed by atoms with van der Waals surface area (Å²) < 4.78 is 0. The Morgan fingerprint density at radius 1 is 1.26 bits per heavy atom.